The van der Waals surface area contributed by atoms with Gasteiger partial charge in [0.2, 0.25) is 18.3 Å². The first-order valence-electron chi connectivity index (χ1n) is 12.0. The summed E-state index contributed by atoms with van der Waals surface area (Å²) in [4.78, 5) is 13.0. The molecule has 0 fully saturated rings. The molecule has 3 atom stereocenters. The number of hydrogen-bond acceptors (Lipinski definition) is 8. The van der Waals surface area contributed by atoms with Gasteiger partial charge in [0.25, 0.3) is 0 Å². The minimum absolute atomic E-state index is 0.0327. The third-order valence-electron chi connectivity index (χ3n) is 7.23. The van der Waals surface area contributed by atoms with Crippen molar-refractivity contribution < 1.29 is 38.0 Å². The van der Waals surface area contributed by atoms with Crippen molar-refractivity contribution in [3.63, 3.8) is 0 Å². The number of hydrogen-bond donors (Lipinski definition) is 0. The zero-order valence-electron chi connectivity index (χ0n) is 22.1. The molecule has 2 aliphatic rings. The highest BCUT2D eigenvalue weighted by atomic mass is 16.7. The van der Waals surface area contributed by atoms with Crippen molar-refractivity contribution in [2.75, 3.05) is 35.2 Å². The number of carbonyl (C=O) groups is 1. The van der Waals surface area contributed by atoms with Gasteiger partial charge in [-0.15, -0.1) is 0 Å². The Morgan fingerprint density at radius 3 is 2.25 bits per heavy atom. The van der Waals surface area contributed by atoms with E-state index in [9.17, 15) is 4.79 Å². The molecule has 194 valence electrons. The van der Waals surface area contributed by atoms with Crippen molar-refractivity contribution in [2.45, 2.75) is 40.2 Å². The van der Waals surface area contributed by atoms with Crippen LogP contribution in [0.5, 0.6) is 34.5 Å². The Morgan fingerprint density at radius 2 is 1.64 bits per heavy atom. The van der Waals surface area contributed by atoms with Crippen molar-refractivity contribution >= 4 is 5.97 Å². The van der Waals surface area contributed by atoms with E-state index in [0.29, 0.717) is 52.1 Å². The molecule has 0 amide bonds. The van der Waals surface area contributed by atoms with Crippen molar-refractivity contribution in [2.24, 2.45) is 11.8 Å². The van der Waals surface area contributed by atoms with E-state index in [2.05, 4.69) is 13.8 Å². The van der Waals surface area contributed by atoms with E-state index in [4.69, 9.17) is 33.2 Å². The Morgan fingerprint density at radius 1 is 0.944 bits per heavy atom. The maximum absolute atomic E-state index is 13.0. The normalized spacial score (nSPS) is 20.4. The standard InChI is InChI=1S/C28H34O8/c1-9-14(2)28(29)36-23-16(4)15(3)10-17-11-19(30-5)24(31-6)26(32-7)21(17)22-18(23)12-20-25(27(22)33-8)35-13-34-20/h9,11-12,15-16,23H,10,13H2,1-8H3/b14-9-/t15-,16-,23+/m0/s1. The van der Waals surface area contributed by atoms with Gasteiger partial charge < -0.3 is 33.2 Å². The average molecular weight is 499 g/mol. The zero-order valence-corrected chi connectivity index (χ0v) is 22.1. The van der Waals surface area contributed by atoms with Crippen molar-refractivity contribution in [1.82, 2.24) is 0 Å². The molecule has 36 heavy (non-hydrogen) atoms. The molecular formula is C28H34O8. The molecule has 0 saturated heterocycles. The van der Waals surface area contributed by atoms with Crippen LogP contribution in [0.3, 0.4) is 0 Å². The van der Waals surface area contributed by atoms with Gasteiger partial charge in [0, 0.05) is 28.2 Å². The van der Waals surface area contributed by atoms with E-state index >= 15 is 0 Å². The monoisotopic (exact) mass is 498 g/mol. The SMILES string of the molecule is C/C=C(/C)C(=O)O[C@H]1c2cc3c(c(OC)c2-c2c(cc(OC)c(OC)c2OC)C[C@H](C)[C@@H]1C)OCO3. The van der Waals surface area contributed by atoms with Gasteiger partial charge in [-0.2, -0.15) is 0 Å². The molecular weight excluding hydrogens is 464 g/mol. The summed E-state index contributed by atoms with van der Waals surface area (Å²) >= 11 is 0. The van der Waals surface area contributed by atoms with Crippen LogP contribution in [0.1, 0.15) is 44.9 Å². The second-order valence-electron chi connectivity index (χ2n) is 9.13. The molecule has 0 radical (unpaired) electrons. The highest BCUT2D eigenvalue weighted by Gasteiger charge is 2.40. The van der Waals surface area contributed by atoms with Crippen LogP contribution in [-0.4, -0.2) is 41.2 Å². The second kappa shape index (κ2) is 10.2. The summed E-state index contributed by atoms with van der Waals surface area (Å²) in [5.41, 5.74) is 3.78. The second-order valence-corrected chi connectivity index (χ2v) is 9.13. The summed E-state index contributed by atoms with van der Waals surface area (Å²) in [7, 11) is 6.35. The third kappa shape index (κ3) is 4.08. The highest BCUT2D eigenvalue weighted by Crippen LogP contribution is 2.58. The summed E-state index contributed by atoms with van der Waals surface area (Å²) in [6, 6.07) is 3.86. The van der Waals surface area contributed by atoms with Gasteiger partial charge in [-0.25, -0.2) is 4.79 Å². The molecule has 2 aromatic carbocycles. The molecule has 8 nitrogen and oxygen atoms in total. The minimum atomic E-state index is -0.577. The number of benzene rings is 2. The van der Waals surface area contributed by atoms with E-state index in [1.54, 1.807) is 41.4 Å². The minimum Gasteiger partial charge on any atom is -0.493 e. The summed E-state index contributed by atoms with van der Waals surface area (Å²) in [5, 5.41) is 0. The number of methoxy groups -OCH3 is 4. The van der Waals surface area contributed by atoms with Gasteiger partial charge in [0.1, 0.15) is 6.10 Å². The van der Waals surface area contributed by atoms with Gasteiger partial charge in [0.05, 0.1) is 28.4 Å². The van der Waals surface area contributed by atoms with Crippen LogP contribution in [0.15, 0.2) is 23.8 Å². The molecule has 0 unspecified atom stereocenters. The molecule has 1 aliphatic carbocycles. The molecule has 1 aliphatic heterocycles. The van der Waals surface area contributed by atoms with Gasteiger partial charge in [-0.05, 0) is 43.9 Å². The lowest BCUT2D eigenvalue weighted by atomic mass is 9.75. The first-order valence-corrected chi connectivity index (χ1v) is 12.0. The predicted molar refractivity (Wildman–Crippen MR) is 135 cm³/mol. The van der Waals surface area contributed by atoms with Gasteiger partial charge in [0.15, 0.2) is 23.0 Å². The molecule has 0 N–H and O–H groups in total. The molecule has 4 rings (SSSR count). The number of carbonyl (C=O) groups excluding carboxylic acids is 1. The highest BCUT2D eigenvalue weighted by molar-refractivity contribution is 5.90. The van der Waals surface area contributed by atoms with Crippen LogP contribution in [0.2, 0.25) is 0 Å². The van der Waals surface area contributed by atoms with Crippen molar-refractivity contribution in [1.29, 1.82) is 0 Å². The lowest BCUT2D eigenvalue weighted by Gasteiger charge is -2.35. The number of rotatable bonds is 6. The smallest absolute Gasteiger partial charge is 0.333 e. The Hall–Kier alpha value is -3.55. The Balaban J connectivity index is 2.12. The van der Waals surface area contributed by atoms with Gasteiger partial charge >= 0.3 is 5.97 Å². The van der Waals surface area contributed by atoms with Crippen LogP contribution in [0.4, 0.5) is 0 Å². The zero-order chi connectivity index (χ0) is 26.1. The molecule has 2 aromatic rings. The Bertz CT molecular complexity index is 1200. The van der Waals surface area contributed by atoms with E-state index < -0.39 is 6.10 Å². The van der Waals surface area contributed by atoms with Gasteiger partial charge in [-0.3, -0.25) is 0 Å². The van der Waals surface area contributed by atoms with Crippen molar-refractivity contribution in [3.05, 3.63) is 34.9 Å². The molecule has 0 spiro atoms. The maximum Gasteiger partial charge on any atom is 0.333 e. The molecule has 1 heterocycles. The first-order chi connectivity index (χ1) is 17.3. The van der Waals surface area contributed by atoms with Crippen LogP contribution in [0.25, 0.3) is 11.1 Å². The molecule has 8 heteroatoms. The molecule has 0 saturated carbocycles. The summed E-state index contributed by atoms with van der Waals surface area (Å²) in [6.45, 7) is 7.87. The van der Waals surface area contributed by atoms with Crippen LogP contribution in [-0.2, 0) is 16.0 Å². The number of ether oxygens (including phenoxy) is 7. The maximum atomic E-state index is 13.0. The van der Waals surface area contributed by atoms with Crippen molar-refractivity contribution in [3.8, 4) is 45.6 Å². The number of esters is 1. The fraction of sp³-hybridized carbons (Fsp3) is 0.464. The first kappa shape index (κ1) is 25.5. The summed E-state index contributed by atoms with van der Waals surface area (Å²) in [6.07, 6.45) is 1.85. The quantitative estimate of drug-likeness (QED) is 0.382. The van der Waals surface area contributed by atoms with Crippen LogP contribution < -0.4 is 28.4 Å². The summed E-state index contributed by atoms with van der Waals surface area (Å²) < 4.78 is 41.0. The number of fused-ring (bicyclic) bond motifs is 4. The average Bonchev–Trinajstić information content (AvgIpc) is 3.36. The summed E-state index contributed by atoms with van der Waals surface area (Å²) in [5.74, 6) is 2.79. The Labute approximate surface area is 212 Å². The molecule has 0 bridgehead atoms. The molecule has 0 aromatic heterocycles. The lowest BCUT2D eigenvalue weighted by molar-refractivity contribution is -0.148. The van der Waals surface area contributed by atoms with E-state index in [1.165, 1.54) is 0 Å². The van der Waals surface area contributed by atoms with Gasteiger partial charge in [-0.1, -0.05) is 19.9 Å². The Kier molecular flexibility index (Phi) is 7.24. The topological polar surface area (TPSA) is 81.7 Å². The van der Waals surface area contributed by atoms with E-state index in [0.717, 1.165) is 16.7 Å². The van der Waals surface area contributed by atoms with E-state index in [1.807, 2.05) is 19.1 Å². The predicted octanol–water partition coefficient (Wildman–Crippen LogP) is 5.50. The fourth-order valence-corrected chi connectivity index (χ4v) is 4.96. The lowest BCUT2D eigenvalue weighted by Crippen LogP contribution is -2.27. The largest absolute Gasteiger partial charge is 0.493 e. The van der Waals surface area contributed by atoms with Crippen LogP contribution >= 0.6 is 0 Å². The number of allylic oxidation sites excluding steroid dienone is 1. The third-order valence-corrected chi connectivity index (χ3v) is 7.23. The fourth-order valence-electron chi connectivity index (χ4n) is 4.96. The van der Waals surface area contributed by atoms with Crippen LogP contribution in [0, 0.1) is 11.8 Å². The van der Waals surface area contributed by atoms with E-state index in [-0.39, 0.29) is 24.6 Å².